The number of hydrogen-bond donors (Lipinski definition) is 2. The summed E-state index contributed by atoms with van der Waals surface area (Å²) >= 11 is 12.0. The first kappa shape index (κ1) is 21.6. The number of aromatic nitrogens is 3. The van der Waals surface area contributed by atoms with Crippen LogP contribution in [-0.2, 0) is 6.54 Å². The van der Waals surface area contributed by atoms with Crippen LogP contribution in [0.5, 0.6) is 5.75 Å². The van der Waals surface area contributed by atoms with Gasteiger partial charge in [-0.3, -0.25) is 4.79 Å². The van der Waals surface area contributed by atoms with E-state index < -0.39 is 11.9 Å². The average Bonchev–Trinajstić information content (AvgIpc) is 3.06. The zero-order chi connectivity index (χ0) is 22.0. The van der Waals surface area contributed by atoms with Crippen molar-refractivity contribution in [2.75, 3.05) is 12.4 Å². The molecule has 1 amide bonds. The summed E-state index contributed by atoms with van der Waals surface area (Å²) in [6.07, 6.45) is 0. The second-order valence-electron chi connectivity index (χ2n) is 6.51. The van der Waals surface area contributed by atoms with Gasteiger partial charge in [-0.05, 0) is 43.7 Å². The lowest BCUT2D eigenvalue weighted by molar-refractivity contribution is 0.0693. The van der Waals surface area contributed by atoms with Gasteiger partial charge in [0.25, 0.3) is 5.91 Å². The first-order valence-electron chi connectivity index (χ1n) is 8.79. The monoisotopic (exact) mass is 448 g/mol. The van der Waals surface area contributed by atoms with Crippen LogP contribution in [-0.4, -0.2) is 39.1 Å². The zero-order valence-electron chi connectivity index (χ0n) is 16.4. The Labute approximate surface area is 182 Å². The van der Waals surface area contributed by atoms with E-state index in [1.807, 2.05) is 6.07 Å². The van der Waals surface area contributed by atoms with Crippen LogP contribution in [0, 0.1) is 13.8 Å². The van der Waals surface area contributed by atoms with Crippen LogP contribution >= 0.6 is 23.2 Å². The van der Waals surface area contributed by atoms with Crippen molar-refractivity contribution in [3.05, 3.63) is 68.5 Å². The highest BCUT2D eigenvalue weighted by Crippen LogP contribution is 2.30. The van der Waals surface area contributed by atoms with Crippen molar-refractivity contribution in [2.24, 2.45) is 0 Å². The number of methoxy groups -OCH3 is 1. The van der Waals surface area contributed by atoms with Gasteiger partial charge < -0.3 is 15.2 Å². The lowest BCUT2D eigenvalue weighted by atomic mass is 10.1. The van der Waals surface area contributed by atoms with Crippen molar-refractivity contribution in [2.45, 2.75) is 20.4 Å². The minimum absolute atomic E-state index is 0.0109. The van der Waals surface area contributed by atoms with Crippen LogP contribution < -0.4 is 10.1 Å². The molecule has 3 rings (SSSR count). The molecule has 0 atom stereocenters. The summed E-state index contributed by atoms with van der Waals surface area (Å²) in [6, 6.07) is 8.11. The number of aromatic carboxylic acids is 1. The summed E-state index contributed by atoms with van der Waals surface area (Å²) in [5.74, 6) is -1.41. The Morgan fingerprint density at radius 3 is 2.53 bits per heavy atom. The Hall–Kier alpha value is -3.10. The van der Waals surface area contributed by atoms with Crippen molar-refractivity contribution in [3.63, 3.8) is 0 Å². The van der Waals surface area contributed by atoms with Crippen LogP contribution in [0.1, 0.15) is 37.7 Å². The van der Waals surface area contributed by atoms with Crippen LogP contribution in [0.15, 0.2) is 30.3 Å². The molecule has 3 aromatic rings. The molecule has 0 saturated heterocycles. The lowest BCUT2D eigenvalue weighted by Crippen LogP contribution is -2.16. The molecule has 0 saturated carbocycles. The number of nitrogens with zero attached hydrogens (tertiary/aromatic N) is 3. The number of amides is 1. The third-order valence-electron chi connectivity index (χ3n) is 4.60. The molecular weight excluding hydrogens is 431 g/mol. The number of benzene rings is 2. The standard InChI is InChI=1S/C20H18Cl2N4O4/c1-10-16(7-5-13(20(28)29)18(10)30-3)23-19(27)17-11(2)26(25-24-17)9-12-4-6-14(21)15(22)8-12/h4-8H,9H2,1-3H3,(H,23,27)(H,28,29). The molecule has 2 N–H and O–H groups in total. The van der Waals surface area contributed by atoms with E-state index in [9.17, 15) is 14.7 Å². The summed E-state index contributed by atoms with van der Waals surface area (Å²) in [5.41, 5.74) is 2.49. The number of rotatable bonds is 6. The molecule has 10 heteroatoms. The molecule has 0 radical (unpaired) electrons. The first-order chi connectivity index (χ1) is 14.2. The number of halogens is 2. The smallest absolute Gasteiger partial charge is 0.339 e. The SMILES string of the molecule is COc1c(C(=O)O)ccc(NC(=O)c2nnn(Cc3ccc(Cl)c(Cl)c3)c2C)c1C. The molecular formula is C20H18Cl2N4O4. The van der Waals surface area contributed by atoms with Crippen LogP contribution in [0.3, 0.4) is 0 Å². The molecule has 0 aliphatic heterocycles. The average molecular weight is 449 g/mol. The second kappa shape index (κ2) is 8.73. The molecule has 0 aliphatic carbocycles. The summed E-state index contributed by atoms with van der Waals surface area (Å²) in [4.78, 5) is 24.1. The number of anilines is 1. The van der Waals surface area contributed by atoms with Gasteiger partial charge in [-0.2, -0.15) is 0 Å². The third kappa shape index (κ3) is 4.24. The summed E-state index contributed by atoms with van der Waals surface area (Å²) in [5, 5.41) is 20.9. The van der Waals surface area contributed by atoms with Gasteiger partial charge in [0.2, 0.25) is 0 Å². The Bertz CT molecular complexity index is 1140. The van der Waals surface area contributed by atoms with Gasteiger partial charge in [0, 0.05) is 11.3 Å². The Kier molecular flexibility index (Phi) is 6.28. The molecule has 0 fully saturated rings. The maximum Gasteiger partial charge on any atom is 0.339 e. The van der Waals surface area contributed by atoms with Crippen LogP contribution in [0.2, 0.25) is 10.0 Å². The van der Waals surface area contributed by atoms with Gasteiger partial charge in [0.05, 0.1) is 29.4 Å². The number of ether oxygens (including phenoxy) is 1. The fourth-order valence-electron chi connectivity index (χ4n) is 2.97. The number of carboxylic acid groups (broad SMARTS) is 1. The molecule has 30 heavy (non-hydrogen) atoms. The van der Waals surface area contributed by atoms with Crippen molar-refractivity contribution < 1.29 is 19.4 Å². The quantitative estimate of drug-likeness (QED) is 0.584. The number of nitrogens with one attached hydrogen (secondary N) is 1. The molecule has 0 aliphatic rings. The second-order valence-corrected chi connectivity index (χ2v) is 7.32. The van der Waals surface area contributed by atoms with E-state index in [1.54, 1.807) is 30.7 Å². The molecule has 0 bridgehead atoms. The highest BCUT2D eigenvalue weighted by Gasteiger charge is 2.21. The molecule has 1 heterocycles. The van der Waals surface area contributed by atoms with Gasteiger partial charge in [-0.1, -0.05) is 34.5 Å². The number of carbonyl (C=O) groups excluding carboxylic acids is 1. The van der Waals surface area contributed by atoms with Crippen molar-refractivity contribution in [1.29, 1.82) is 0 Å². The molecule has 0 unspecified atom stereocenters. The topological polar surface area (TPSA) is 106 Å². The summed E-state index contributed by atoms with van der Waals surface area (Å²) in [6.45, 7) is 3.76. The van der Waals surface area contributed by atoms with Crippen LogP contribution in [0.25, 0.3) is 0 Å². The van der Waals surface area contributed by atoms with E-state index in [2.05, 4.69) is 15.6 Å². The molecule has 0 spiro atoms. The van der Waals surface area contributed by atoms with E-state index in [4.69, 9.17) is 27.9 Å². The van der Waals surface area contributed by atoms with Gasteiger partial charge in [0.15, 0.2) is 5.69 Å². The van der Waals surface area contributed by atoms with Gasteiger partial charge >= 0.3 is 5.97 Å². The summed E-state index contributed by atoms with van der Waals surface area (Å²) in [7, 11) is 1.37. The van der Waals surface area contributed by atoms with Gasteiger partial charge in [-0.25, -0.2) is 9.48 Å². The largest absolute Gasteiger partial charge is 0.495 e. The maximum atomic E-state index is 12.7. The summed E-state index contributed by atoms with van der Waals surface area (Å²) < 4.78 is 6.77. The van der Waals surface area contributed by atoms with E-state index in [-0.39, 0.29) is 17.0 Å². The highest BCUT2D eigenvalue weighted by atomic mass is 35.5. The molecule has 8 nitrogen and oxygen atoms in total. The predicted octanol–water partition coefficient (Wildman–Crippen LogP) is 4.21. The minimum atomic E-state index is -1.12. The van der Waals surface area contributed by atoms with Crippen LogP contribution in [0.4, 0.5) is 5.69 Å². The third-order valence-corrected chi connectivity index (χ3v) is 5.34. The fraction of sp³-hybridized carbons (Fsp3) is 0.200. The molecule has 156 valence electrons. The first-order valence-corrected chi connectivity index (χ1v) is 9.54. The van der Waals surface area contributed by atoms with Crippen molar-refractivity contribution in [3.8, 4) is 5.75 Å². The fourth-order valence-corrected chi connectivity index (χ4v) is 3.29. The molecule has 1 aromatic heterocycles. The van der Waals surface area contributed by atoms with Gasteiger partial charge in [0.1, 0.15) is 11.3 Å². The van der Waals surface area contributed by atoms with E-state index in [1.165, 1.54) is 19.2 Å². The lowest BCUT2D eigenvalue weighted by Gasteiger charge is -2.13. The van der Waals surface area contributed by atoms with Gasteiger partial charge in [-0.15, -0.1) is 5.10 Å². The van der Waals surface area contributed by atoms with E-state index in [0.717, 1.165) is 5.56 Å². The minimum Gasteiger partial charge on any atom is -0.495 e. The zero-order valence-corrected chi connectivity index (χ0v) is 17.9. The highest BCUT2D eigenvalue weighted by molar-refractivity contribution is 6.42. The predicted molar refractivity (Wildman–Crippen MR) is 113 cm³/mol. The normalized spacial score (nSPS) is 10.7. The Balaban J connectivity index is 1.83. The van der Waals surface area contributed by atoms with E-state index in [0.29, 0.717) is 33.5 Å². The number of hydrogen-bond acceptors (Lipinski definition) is 5. The van der Waals surface area contributed by atoms with Crippen molar-refractivity contribution >= 4 is 40.8 Å². The number of carbonyl (C=O) groups is 2. The van der Waals surface area contributed by atoms with E-state index >= 15 is 0 Å². The maximum absolute atomic E-state index is 12.7. The Morgan fingerprint density at radius 1 is 1.17 bits per heavy atom. The Morgan fingerprint density at radius 2 is 1.90 bits per heavy atom. The number of carboxylic acids is 1. The molecule has 2 aromatic carbocycles. The van der Waals surface area contributed by atoms with Crippen molar-refractivity contribution in [1.82, 2.24) is 15.0 Å².